The number of hydrogen-bond acceptors (Lipinski definition) is 4. The summed E-state index contributed by atoms with van der Waals surface area (Å²) in [6, 6.07) is 0. The van der Waals surface area contributed by atoms with E-state index in [1.165, 1.54) is 18.8 Å². The number of nitrogens with zero attached hydrogens (tertiary/aromatic N) is 2. The third-order valence-corrected chi connectivity index (χ3v) is 3.39. The first-order valence-corrected chi connectivity index (χ1v) is 6.22. The van der Waals surface area contributed by atoms with Gasteiger partial charge in [-0.05, 0) is 12.8 Å². The number of hydrogen-bond donors (Lipinski definition) is 2. The normalized spacial score (nSPS) is 18.9. The Morgan fingerprint density at radius 3 is 2.56 bits per heavy atom. The molecule has 1 fully saturated rings. The molecule has 100 valence electrons. The van der Waals surface area contributed by atoms with E-state index >= 15 is 0 Å². The first kappa shape index (κ1) is 13.1. The second-order valence-corrected chi connectivity index (χ2v) is 4.87. The van der Waals surface area contributed by atoms with Gasteiger partial charge in [0.1, 0.15) is 5.69 Å². The van der Waals surface area contributed by atoms with Gasteiger partial charge in [0.15, 0.2) is 5.82 Å². The second kappa shape index (κ2) is 5.56. The van der Waals surface area contributed by atoms with Crippen LogP contribution in [0.4, 0.5) is 14.6 Å². The molecule has 1 aliphatic rings. The SMILES string of the molecule is NC1(CNc2nccnc2C(F)F)CCCCC1. The largest absolute Gasteiger partial charge is 0.367 e. The fourth-order valence-electron chi connectivity index (χ4n) is 2.34. The highest BCUT2D eigenvalue weighted by molar-refractivity contribution is 5.40. The lowest BCUT2D eigenvalue weighted by Crippen LogP contribution is -2.47. The molecule has 0 aliphatic heterocycles. The number of nitrogens with one attached hydrogen (secondary N) is 1. The molecule has 1 heterocycles. The Hall–Kier alpha value is -1.30. The molecule has 1 saturated carbocycles. The molecule has 0 atom stereocenters. The van der Waals surface area contributed by atoms with Gasteiger partial charge in [0, 0.05) is 24.5 Å². The van der Waals surface area contributed by atoms with Crippen LogP contribution in [0.3, 0.4) is 0 Å². The molecular weight excluding hydrogens is 238 g/mol. The van der Waals surface area contributed by atoms with Crippen LogP contribution >= 0.6 is 0 Å². The fraction of sp³-hybridized carbons (Fsp3) is 0.667. The van der Waals surface area contributed by atoms with Gasteiger partial charge in [0.25, 0.3) is 6.43 Å². The maximum atomic E-state index is 12.7. The lowest BCUT2D eigenvalue weighted by molar-refractivity contribution is 0.146. The highest BCUT2D eigenvalue weighted by Crippen LogP contribution is 2.27. The summed E-state index contributed by atoms with van der Waals surface area (Å²) < 4.78 is 25.4. The molecule has 1 aliphatic carbocycles. The van der Waals surface area contributed by atoms with Gasteiger partial charge in [-0.25, -0.2) is 18.7 Å². The average Bonchev–Trinajstić information content (AvgIpc) is 2.38. The summed E-state index contributed by atoms with van der Waals surface area (Å²) in [5.41, 5.74) is 5.62. The molecule has 0 unspecified atom stereocenters. The Labute approximate surface area is 105 Å². The van der Waals surface area contributed by atoms with Crippen LogP contribution in [0.2, 0.25) is 0 Å². The van der Waals surface area contributed by atoms with E-state index in [-0.39, 0.29) is 17.1 Å². The minimum absolute atomic E-state index is 0.142. The third-order valence-electron chi connectivity index (χ3n) is 3.39. The van der Waals surface area contributed by atoms with Gasteiger partial charge in [-0.2, -0.15) is 0 Å². The molecule has 2 rings (SSSR count). The topological polar surface area (TPSA) is 63.8 Å². The standard InChI is InChI=1S/C12H18F2N4/c13-10(14)9-11(17-7-6-16-9)18-8-12(15)4-2-1-3-5-12/h6-7,10H,1-5,8,15H2,(H,17,18). The minimum atomic E-state index is -2.62. The van der Waals surface area contributed by atoms with Crippen LogP contribution in [0.25, 0.3) is 0 Å². The lowest BCUT2D eigenvalue weighted by atomic mass is 9.82. The van der Waals surface area contributed by atoms with Crippen molar-refractivity contribution < 1.29 is 8.78 Å². The zero-order valence-corrected chi connectivity index (χ0v) is 10.2. The van der Waals surface area contributed by atoms with Crippen molar-refractivity contribution in [3.05, 3.63) is 18.1 Å². The minimum Gasteiger partial charge on any atom is -0.367 e. The fourth-order valence-corrected chi connectivity index (χ4v) is 2.34. The van der Waals surface area contributed by atoms with E-state index in [1.807, 2.05) is 0 Å². The Balaban J connectivity index is 2.01. The Kier molecular flexibility index (Phi) is 4.06. The van der Waals surface area contributed by atoms with Crippen LogP contribution in [-0.2, 0) is 0 Å². The predicted octanol–water partition coefficient (Wildman–Crippen LogP) is 2.49. The molecule has 18 heavy (non-hydrogen) atoms. The van der Waals surface area contributed by atoms with Crippen LogP contribution in [-0.4, -0.2) is 22.1 Å². The number of nitrogens with two attached hydrogens (primary N) is 1. The molecule has 1 aromatic heterocycles. The van der Waals surface area contributed by atoms with Crippen molar-refractivity contribution >= 4 is 5.82 Å². The van der Waals surface area contributed by atoms with E-state index in [2.05, 4.69) is 15.3 Å². The monoisotopic (exact) mass is 256 g/mol. The smallest absolute Gasteiger partial charge is 0.283 e. The summed E-state index contributed by atoms with van der Waals surface area (Å²) in [4.78, 5) is 7.56. The summed E-state index contributed by atoms with van der Waals surface area (Å²) >= 11 is 0. The predicted molar refractivity (Wildman–Crippen MR) is 65.5 cm³/mol. The van der Waals surface area contributed by atoms with Crippen molar-refractivity contribution in [2.24, 2.45) is 5.73 Å². The van der Waals surface area contributed by atoms with Gasteiger partial charge in [-0.3, -0.25) is 0 Å². The van der Waals surface area contributed by atoms with Gasteiger partial charge >= 0.3 is 0 Å². The Morgan fingerprint density at radius 2 is 1.89 bits per heavy atom. The number of anilines is 1. The van der Waals surface area contributed by atoms with Crippen molar-refractivity contribution in [2.45, 2.75) is 44.1 Å². The molecule has 6 heteroatoms. The van der Waals surface area contributed by atoms with E-state index in [4.69, 9.17) is 5.73 Å². The van der Waals surface area contributed by atoms with Crippen molar-refractivity contribution in [3.63, 3.8) is 0 Å². The first-order valence-electron chi connectivity index (χ1n) is 6.22. The summed E-state index contributed by atoms with van der Waals surface area (Å²) in [5, 5.41) is 2.93. The molecule has 0 saturated heterocycles. The van der Waals surface area contributed by atoms with Crippen molar-refractivity contribution in [2.75, 3.05) is 11.9 Å². The molecule has 0 amide bonds. The number of halogens is 2. The quantitative estimate of drug-likeness (QED) is 0.868. The van der Waals surface area contributed by atoms with Crippen LogP contribution in [0.15, 0.2) is 12.4 Å². The molecule has 0 spiro atoms. The molecule has 3 N–H and O–H groups in total. The van der Waals surface area contributed by atoms with E-state index in [1.54, 1.807) is 0 Å². The van der Waals surface area contributed by atoms with Gasteiger partial charge in [0.2, 0.25) is 0 Å². The van der Waals surface area contributed by atoms with Crippen LogP contribution < -0.4 is 11.1 Å². The van der Waals surface area contributed by atoms with Crippen molar-refractivity contribution in [3.8, 4) is 0 Å². The van der Waals surface area contributed by atoms with Crippen LogP contribution in [0, 0.1) is 0 Å². The van der Waals surface area contributed by atoms with Gasteiger partial charge in [-0.1, -0.05) is 19.3 Å². The van der Waals surface area contributed by atoms with Crippen molar-refractivity contribution in [1.29, 1.82) is 0 Å². The summed E-state index contributed by atoms with van der Waals surface area (Å²) in [6.45, 7) is 0.464. The van der Waals surface area contributed by atoms with Crippen LogP contribution in [0.5, 0.6) is 0 Å². The van der Waals surface area contributed by atoms with Crippen molar-refractivity contribution in [1.82, 2.24) is 9.97 Å². The summed E-state index contributed by atoms with van der Waals surface area (Å²) in [5.74, 6) is 0.142. The number of aromatic nitrogens is 2. The molecular formula is C12H18F2N4. The van der Waals surface area contributed by atoms with Gasteiger partial charge in [-0.15, -0.1) is 0 Å². The Bertz CT molecular complexity index is 391. The van der Waals surface area contributed by atoms with Gasteiger partial charge in [0.05, 0.1) is 0 Å². The zero-order valence-electron chi connectivity index (χ0n) is 10.2. The zero-order chi connectivity index (χ0) is 13.0. The summed E-state index contributed by atoms with van der Waals surface area (Å²) in [6.07, 6.45) is 5.28. The summed E-state index contributed by atoms with van der Waals surface area (Å²) in [7, 11) is 0. The first-order chi connectivity index (χ1) is 8.61. The van der Waals surface area contributed by atoms with E-state index in [0.29, 0.717) is 6.54 Å². The van der Waals surface area contributed by atoms with Crippen LogP contribution in [0.1, 0.15) is 44.2 Å². The molecule has 4 nitrogen and oxygen atoms in total. The molecule has 0 aromatic carbocycles. The molecule has 0 bridgehead atoms. The number of rotatable bonds is 4. The molecule has 1 aromatic rings. The number of alkyl halides is 2. The third kappa shape index (κ3) is 3.13. The van der Waals surface area contributed by atoms with E-state index < -0.39 is 6.43 Å². The molecule has 0 radical (unpaired) electrons. The highest BCUT2D eigenvalue weighted by Gasteiger charge is 2.28. The second-order valence-electron chi connectivity index (χ2n) is 4.87. The highest BCUT2D eigenvalue weighted by atomic mass is 19.3. The lowest BCUT2D eigenvalue weighted by Gasteiger charge is -2.33. The van der Waals surface area contributed by atoms with E-state index in [9.17, 15) is 8.78 Å². The Morgan fingerprint density at radius 1 is 1.22 bits per heavy atom. The average molecular weight is 256 g/mol. The van der Waals surface area contributed by atoms with E-state index in [0.717, 1.165) is 25.7 Å². The van der Waals surface area contributed by atoms with Gasteiger partial charge < -0.3 is 11.1 Å². The maximum Gasteiger partial charge on any atom is 0.283 e. The maximum absolute atomic E-state index is 12.7.